The summed E-state index contributed by atoms with van der Waals surface area (Å²) in [4.78, 5) is 6.24. The Morgan fingerprint density at radius 2 is 2.07 bits per heavy atom. The van der Waals surface area contributed by atoms with Gasteiger partial charge in [0.05, 0.1) is 22.3 Å². The molecule has 0 aliphatic carbocycles. The van der Waals surface area contributed by atoms with Crippen LogP contribution in [-0.4, -0.2) is 29.1 Å². The SMILES string of the molecule is CCNc1cc(C2=CNN3C2=CN(c2ccc(C(F)(F)F)c(Cl)c2)C[C@@H]3C)ccn1. The summed E-state index contributed by atoms with van der Waals surface area (Å²) in [5.41, 5.74) is 5.96. The van der Waals surface area contributed by atoms with Gasteiger partial charge in [-0.15, -0.1) is 0 Å². The number of nitrogens with one attached hydrogen (secondary N) is 2. The number of benzene rings is 1. The van der Waals surface area contributed by atoms with Crippen molar-refractivity contribution >= 4 is 28.7 Å². The van der Waals surface area contributed by atoms with E-state index in [4.69, 9.17) is 11.6 Å². The summed E-state index contributed by atoms with van der Waals surface area (Å²) in [7, 11) is 0. The van der Waals surface area contributed by atoms with Crippen LogP contribution in [0.3, 0.4) is 0 Å². The predicted molar refractivity (Wildman–Crippen MR) is 113 cm³/mol. The topological polar surface area (TPSA) is 43.4 Å². The number of hydrazine groups is 1. The lowest BCUT2D eigenvalue weighted by Crippen LogP contribution is -2.47. The molecule has 0 radical (unpaired) electrons. The van der Waals surface area contributed by atoms with E-state index < -0.39 is 11.7 Å². The van der Waals surface area contributed by atoms with Crippen LogP contribution in [0.2, 0.25) is 5.02 Å². The van der Waals surface area contributed by atoms with Gasteiger partial charge in [0.1, 0.15) is 5.82 Å². The molecule has 30 heavy (non-hydrogen) atoms. The highest BCUT2D eigenvalue weighted by atomic mass is 35.5. The zero-order valence-electron chi connectivity index (χ0n) is 16.5. The van der Waals surface area contributed by atoms with Crippen LogP contribution in [0.25, 0.3) is 5.57 Å². The predicted octanol–water partition coefficient (Wildman–Crippen LogP) is 5.10. The van der Waals surface area contributed by atoms with Crippen molar-refractivity contribution in [1.82, 2.24) is 15.4 Å². The van der Waals surface area contributed by atoms with E-state index in [1.54, 1.807) is 6.20 Å². The van der Waals surface area contributed by atoms with Crippen LogP contribution in [0.4, 0.5) is 24.7 Å². The maximum Gasteiger partial charge on any atom is 0.417 e. The second kappa shape index (κ2) is 7.75. The molecular weight excluding hydrogens is 415 g/mol. The number of nitrogens with zero attached hydrogens (tertiary/aromatic N) is 3. The second-order valence-corrected chi connectivity index (χ2v) is 7.60. The van der Waals surface area contributed by atoms with Crippen molar-refractivity contribution in [3.8, 4) is 0 Å². The maximum absolute atomic E-state index is 13.0. The third kappa shape index (κ3) is 3.79. The number of rotatable bonds is 4. The summed E-state index contributed by atoms with van der Waals surface area (Å²) >= 11 is 5.94. The van der Waals surface area contributed by atoms with Crippen molar-refractivity contribution in [1.29, 1.82) is 0 Å². The van der Waals surface area contributed by atoms with Gasteiger partial charge in [-0.2, -0.15) is 13.2 Å². The molecule has 1 atom stereocenters. The second-order valence-electron chi connectivity index (χ2n) is 7.19. The molecular formula is C21H21ClF3N5. The first-order valence-electron chi connectivity index (χ1n) is 9.59. The van der Waals surface area contributed by atoms with Gasteiger partial charge >= 0.3 is 6.18 Å². The quantitative estimate of drug-likeness (QED) is 0.699. The number of aromatic nitrogens is 1. The Labute approximate surface area is 177 Å². The van der Waals surface area contributed by atoms with Crippen molar-refractivity contribution in [2.45, 2.75) is 26.1 Å². The van der Waals surface area contributed by atoms with Gasteiger partial charge in [-0.25, -0.2) is 4.98 Å². The van der Waals surface area contributed by atoms with E-state index in [1.807, 2.05) is 48.3 Å². The lowest BCUT2D eigenvalue weighted by molar-refractivity contribution is -0.137. The average Bonchev–Trinajstić information content (AvgIpc) is 3.12. The number of hydrogen-bond acceptors (Lipinski definition) is 5. The molecule has 2 aliphatic rings. The average molecular weight is 436 g/mol. The van der Waals surface area contributed by atoms with E-state index in [-0.39, 0.29) is 11.1 Å². The molecule has 2 aromatic rings. The molecule has 3 heterocycles. The highest BCUT2D eigenvalue weighted by Crippen LogP contribution is 2.39. The van der Waals surface area contributed by atoms with E-state index in [9.17, 15) is 13.2 Å². The highest BCUT2D eigenvalue weighted by Gasteiger charge is 2.35. The minimum atomic E-state index is -4.48. The molecule has 4 rings (SSSR count). The number of hydrogen-bond donors (Lipinski definition) is 2. The Balaban J connectivity index is 1.68. The van der Waals surface area contributed by atoms with Crippen LogP contribution in [0.5, 0.6) is 0 Å². The van der Waals surface area contributed by atoms with Gasteiger partial charge in [-0.1, -0.05) is 11.6 Å². The van der Waals surface area contributed by atoms with Gasteiger partial charge in [0.15, 0.2) is 0 Å². The molecule has 2 aliphatic heterocycles. The monoisotopic (exact) mass is 435 g/mol. The Morgan fingerprint density at radius 3 is 2.77 bits per heavy atom. The first-order chi connectivity index (χ1) is 14.3. The number of anilines is 2. The number of allylic oxidation sites excluding steroid dienone is 1. The van der Waals surface area contributed by atoms with E-state index in [0.717, 1.165) is 35.3 Å². The van der Waals surface area contributed by atoms with E-state index in [1.165, 1.54) is 12.1 Å². The Hall–Kier alpha value is -2.87. The van der Waals surface area contributed by atoms with Crippen LogP contribution >= 0.6 is 11.6 Å². The molecule has 0 fully saturated rings. The van der Waals surface area contributed by atoms with Gasteiger partial charge in [0, 0.05) is 42.9 Å². The standard InChI is InChI=1S/C21H21ClF3N5/c1-3-26-20-8-14(6-7-27-20)16-10-28-30-13(2)11-29(12-19(16)30)15-4-5-17(18(22)9-15)21(23,24)25/h4-10,12-13,28H,3,11H2,1-2H3,(H,26,27)/t13-/m0/s1. The Kier molecular flexibility index (Phi) is 5.27. The van der Waals surface area contributed by atoms with Crippen LogP contribution in [-0.2, 0) is 6.18 Å². The van der Waals surface area contributed by atoms with Gasteiger partial charge in [0.25, 0.3) is 0 Å². The fraction of sp³-hybridized carbons (Fsp3) is 0.286. The minimum absolute atomic E-state index is 0.0786. The molecule has 2 N–H and O–H groups in total. The van der Waals surface area contributed by atoms with Crippen LogP contribution in [0.15, 0.2) is 54.6 Å². The van der Waals surface area contributed by atoms with Gasteiger partial charge < -0.3 is 15.6 Å². The molecule has 9 heteroatoms. The maximum atomic E-state index is 13.0. The van der Waals surface area contributed by atoms with Crippen molar-refractivity contribution < 1.29 is 13.2 Å². The number of halogens is 4. The molecule has 0 spiro atoms. The Bertz CT molecular complexity index is 1020. The third-order valence-corrected chi connectivity index (χ3v) is 5.39. The molecule has 1 aromatic heterocycles. The van der Waals surface area contributed by atoms with Crippen molar-refractivity contribution in [2.24, 2.45) is 0 Å². The normalized spacial score (nSPS) is 18.5. The number of fused-ring (bicyclic) bond motifs is 1. The van der Waals surface area contributed by atoms with Crippen LogP contribution in [0, 0.1) is 0 Å². The summed E-state index contributed by atoms with van der Waals surface area (Å²) < 4.78 is 39.1. The molecule has 0 saturated heterocycles. The lowest BCUT2D eigenvalue weighted by Gasteiger charge is -2.38. The van der Waals surface area contributed by atoms with Gasteiger partial charge in [0.2, 0.25) is 0 Å². The molecule has 0 bridgehead atoms. The minimum Gasteiger partial charge on any atom is -0.370 e. The molecule has 158 valence electrons. The van der Waals surface area contributed by atoms with E-state index >= 15 is 0 Å². The summed E-state index contributed by atoms with van der Waals surface area (Å²) in [5.74, 6) is 0.783. The number of pyridine rings is 1. The third-order valence-electron chi connectivity index (χ3n) is 5.08. The van der Waals surface area contributed by atoms with Crippen molar-refractivity contribution in [2.75, 3.05) is 23.3 Å². The summed E-state index contributed by atoms with van der Waals surface area (Å²) in [6.45, 7) is 5.41. The summed E-state index contributed by atoms with van der Waals surface area (Å²) in [5, 5.41) is 4.94. The van der Waals surface area contributed by atoms with Crippen LogP contribution in [0.1, 0.15) is 25.0 Å². The lowest BCUT2D eigenvalue weighted by atomic mass is 10.0. The molecule has 0 amide bonds. The molecule has 0 unspecified atom stereocenters. The summed E-state index contributed by atoms with van der Waals surface area (Å²) in [6.07, 6.45) is 1.13. The molecule has 0 saturated carbocycles. The largest absolute Gasteiger partial charge is 0.417 e. The van der Waals surface area contributed by atoms with Gasteiger partial charge in [-0.3, -0.25) is 5.01 Å². The fourth-order valence-corrected chi connectivity index (χ4v) is 3.95. The smallest absolute Gasteiger partial charge is 0.370 e. The number of alkyl halides is 3. The zero-order chi connectivity index (χ0) is 21.5. The first kappa shape index (κ1) is 20.4. The summed E-state index contributed by atoms with van der Waals surface area (Å²) in [6, 6.07) is 7.83. The first-order valence-corrected chi connectivity index (χ1v) is 9.97. The van der Waals surface area contributed by atoms with E-state index in [0.29, 0.717) is 12.2 Å². The van der Waals surface area contributed by atoms with Crippen LogP contribution < -0.4 is 15.6 Å². The van der Waals surface area contributed by atoms with Crippen molar-refractivity contribution in [3.05, 3.63) is 70.8 Å². The fourth-order valence-electron chi connectivity index (χ4n) is 3.67. The van der Waals surface area contributed by atoms with Gasteiger partial charge in [-0.05, 0) is 49.7 Å². The Morgan fingerprint density at radius 1 is 1.27 bits per heavy atom. The highest BCUT2D eigenvalue weighted by molar-refractivity contribution is 6.31. The van der Waals surface area contributed by atoms with E-state index in [2.05, 4.69) is 15.7 Å². The van der Waals surface area contributed by atoms with Crippen molar-refractivity contribution in [3.63, 3.8) is 0 Å². The molecule has 1 aromatic carbocycles. The zero-order valence-corrected chi connectivity index (χ0v) is 17.2. The molecule has 5 nitrogen and oxygen atoms in total.